The Balaban J connectivity index is 2.95. The zero-order valence-corrected chi connectivity index (χ0v) is 13.9. The van der Waals surface area contributed by atoms with Gasteiger partial charge in [0.15, 0.2) is 0 Å². The standard InChI is InChI=1S/C16H23BrFN/c1-11(2)13(10-19-16(3,4)5)8-12-6-7-14(18)9-15(12)17/h6-9,11,19H,10H2,1-5H3/b13-8+. The van der Waals surface area contributed by atoms with E-state index in [4.69, 9.17) is 0 Å². The third-order valence-corrected chi connectivity index (χ3v) is 3.55. The van der Waals surface area contributed by atoms with E-state index in [0.717, 1.165) is 16.6 Å². The van der Waals surface area contributed by atoms with Crippen molar-refractivity contribution in [3.8, 4) is 0 Å². The zero-order valence-electron chi connectivity index (χ0n) is 12.3. The molecule has 0 saturated carbocycles. The van der Waals surface area contributed by atoms with Crippen LogP contribution in [0.1, 0.15) is 40.2 Å². The fourth-order valence-electron chi connectivity index (χ4n) is 1.61. The maximum absolute atomic E-state index is 13.1. The van der Waals surface area contributed by atoms with Crippen molar-refractivity contribution in [1.82, 2.24) is 5.32 Å². The molecule has 0 aliphatic heterocycles. The summed E-state index contributed by atoms with van der Waals surface area (Å²) in [6, 6.07) is 4.80. The molecule has 0 saturated heterocycles. The second kappa shape index (κ2) is 6.67. The number of rotatable bonds is 4. The molecule has 0 fully saturated rings. The molecule has 1 rings (SSSR count). The van der Waals surface area contributed by atoms with Crippen LogP contribution in [0.15, 0.2) is 28.2 Å². The first-order chi connectivity index (χ1) is 8.69. The summed E-state index contributed by atoms with van der Waals surface area (Å²) < 4.78 is 13.9. The van der Waals surface area contributed by atoms with Crippen LogP contribution in [0.2, 0.25) is 0 Å². The van der Waals surface area contributed by atoms with Gasteiger partial charge in [0.05, 0.1) is 0 Å². The predicted octanol–water partition coefficient (Wildman–Crippen LogP) is 5.02. The van der Waals surface area contributed by atoms with E-state index in [2.05, 4.69) is 61.9 Å². The third kappa shape index (κ3) is 5.87. The van der Waals surface area contributed by atoms with Gasteiger partial charge < -0.3 is 5.32 Å². The highest BCUT2D eigenvalue weighted by atomic mass is 79.9. The van der Waals surface area contributed by atoms with Crippen LogP contribution in [0, 0.1) is 11.7 Å². The molecule has 1 N–H and O–H groups in total. The van der Waals surface area contributed by atoms with E-state index >= 15 is 0 Å². The molecule has 106 valence electrons. The van der Waals surface area contributed by atoms with Gasteiger partial charge in [-0.25, -0.2) is 4.39 Å². The fraction of sp³-hybridized carbons (Fsp3) is 0.500. The number of nitrogens with one attached hydrogen (secondary N) is 1. The minimum atomic E-state index is -0.220. The molecule has 0 amide bonds. The van der Waals surface area contributed by atoms with E-state index in [0.29, 0.717) is 5.92 Å². The van der Waals surface area contributed by atoms with Crippen LogP contribution in [-0.4, -0.2) is 12.1 Å². The van der Waals surface area contributed by atoms with Crippen molar-refractivity contribution in [1.29, 1.82) is 0 Å². The van der Waals surface area contributed by atoms with Gasteiger partial charge >= 0.3 is 0 Å². The van der Waals surface area contributed by atoms with E-state index in [1.807, 2.05) is 0 Å². The monoisotopic (exact) mass is 327 g/mol. The summed E-state index contributed by atoms with van der Waals surface area (Å²) >= 11 is 3.41. The molecule has 1 nitrogen and oxygen atoms in total. The summed E-state index contributed by atoms with van der Waals surface area (Å²) in [4.78, 5) is 0. The number of benzene rings is 1. The zero-order chi connectivity index (χ0) is 14.6. The molecular weight excluding hydrogens is 305 g/mol. The molecule has 19 heavy (non-hydrogen) atoms. The first-order valence-corrected chi connectivity index (χ1v) is 7.39. The number of hydrogen-bond donors (Lipinski definition) is 1. The molecule has 1 aromatic rings. The predicted molar refractivity (Wildman–Crippen MR) is 84.7 cm³/mol. The van der Waals surface area contributed by atoms with Crippen molar-refractivity contribution in [3.63, 3.8) is 0 Å². The minimum absolute atomic E-state index is 0.0913. The maximum atomic E-state index is 13.1. The second-order valence-electron chi connectivity index (χ2n) is 6.14. The summed E-state index contributed by atoms with van der Waals surface area (Å²) in [5, 5.41) is 3.50. The molecule has 3 heteroatoms. The average Bonchev–Trinajstić information content (AvgIpc) is 2.24. The van der Waals surface area contributed by atoms with E-state index in [1.54, 1.807) is 6.07 Å². The topological polar surface area (TPSA) is 12.0 Å². The number of halogens is 2. The molecular formula is C16H23BrFN. The van der Waals surface area contributed by atoms with Crippen molar-refractivity contribution in [2.45, 2.75) is 40.2 Å². The lowest BCUT2D eigenvalue weighted by Gasteiger charge is -2.23. The van der Waals surface area contributed by atoms with E-state index in [9.17, 15) is 4.39 Å². The van der Waals surface area contributed by atoms with Crippen molar-refractivity contribution in [2.24, 2.45) is 5.92 Å². The highest BCUT2D eigenvalue weighted by molar-refractivity contribution is 9.10. The average molecular weight is 328 g/mol. The summed E-state index contributed by atoms with van der Waals surface area (Å²) in [5.41, 5.74) is 2.41. The molecule has 0 atom stereocenters. The lowest BCUT2D eigenvalue weighted by Crippen LogP contribution is -2.37. The Bertz CT molecular complexity index is 458. The van der Waals surface area contributed by atoms with Crippen molar-refractivity contribution in [3.05, 3.63) is 39.6 Å². The van der Waals surface area contributed by atoms with Gasteiger partial charge in [-0.1, -0.05) is 47.5 Å². The molecule has 0 unspecified atom stereocenters. The summed E-state index contributed by atoms with van der Waals surface area (Å²) in [7, 11) is 0. The van der Waals surface area contributed by atoms with Gasteiger partial charge in [0.25, 0.3) is 0 Å². The fourth-order valence-corrected chi connectivity index (χ4v) is 2.07. The molecule has 0 aliphatic carbocycles. The smallest absolute Gasteiger partial charge is 0.124 e. The van der Waals surface area contributed by atoms with E-state index in [1.165, 1.54) is 17.7 Å². The lowest BCUT2D eigenvalue weighted by molar-refractivity contribution is 0.437. The van der Waals surface area contributed by atoms with Gasteiger partial charge in [-0.3, -0.25) is 0 Å². The van der Waals surface area contributed by atoms with E-state index < -0.39 is 0 Å². The van der Waals surface area contributed by atoms with Crippen LogP contribution < -0.4 is 5.32 Å². The first-order valence-electron chi connectivity index (χ1n) is 6.59. The van der Waals surface area contributed by atoms with E-state index in [-0.39, 0.29) is 11.4 Å². The molecule has 1 aromatic carbocycles. The Morgan fingerprint density at radius 3 is 2.47 bits per heavy atom. The van der Waals surface area contributed by atoms with Gasteiger partial charge in [-0.05, 0) is 44.4 Å². The molecule has 0 radical (unpaired) electrons. The van der Waals surface area contributed by atoms with Crippen molar-refractivity contribution in [2.75, 3.05) is 6.54 Å². The van der Waals surface area contributed by atoms with Gasteiger partial charge in [-0.15, -0.1) is 0 Å². The summed E-state index contributed by atoms with van der Waals surface area (Å²) in [6.07, 6.45) is 2.13. The van der Waals surface area contributed by atoms with Crippen molar-refractivity contribution < 1.29 is 4.39 Å². The largest absolute Gasteiger partial charge is 0.308 e. The van der Waals surface area contributed by atoms with Crippen LogP contribution in [-0.2, 0) is 0 Å². The van der Waals surface area contributed by atoms with Gasteiger partial charge in [0.1, 0.15) is 5.82 Å². The second-order valence-corrected chi connectivity index (χ2v) is 7.00. The Labute approximate surface area is 124 Å². The highest BCUT2D eigenvalue weighted by Crippen LogP contribution is 2.23. The summed E-state index contributed by atoms with van der Waals surface area (Å²) in [5.74, 6) is 0.231. The Morgan fingerprint density at radius 1 is 1.37 bits per heavy atom. The lowest BCUT2D eigenvalue weighted by atomic mass is 9.98. The third-order valence-electron chi connectivity index (χ3n) is 2.87. The van der Waals surface area contributed by atoms with Crippen LogP contribution in [0.5, 0.6) is 0 Å². The van der Waals surface area contributed by atoms with Crippen LogP contribution in [0.3, 0.4) is 0 Å². The van der Waals surface area contributed by atoms with Gasteiger partial charge in [0.2, 0.25) is 0 Å². The van der Waals surface area contributed by atoms with Gasteiger partial charge in [-0.2, -0.15) is 0 Å². The quantitative estimate of drug-likeness (QED) is 0.819. The molecule has 0 aliphatic rings. The van der Waals surface area contributed by atoms with Crippen LogP contribution >= 0.6 is 15.9 Å². The Morgan fingerprint density at radius 2 is 2.00 bits per heavy atom. The molecule has 0 heterocycles. The highest BCUT2D eigenvalue weighted by Gasteiger charge is 2.12. The maximum Gasteiger partial charge on any atom is 0.124 e. The Hall–Kier alpha value is -0.670. The molecule has 0 aromatic heterocycles. The minimum Gasteiger partial charge on any atom is -0.308 e. The van der Waals surface area contributed by atoms with Crippen molar-refractivity contribution >= 4 is 22.0 Å². The number of hydrogen-bond acceptors (Lipinski definition) is 1. The molecule has 0 spiro atoms. The summed E-state index contributed by atoms with van der Waals surface area (Å²) in [6.45, 7) is 11.6. The SMILES string of the molecule is CC(C)/C(=C/c1ccc(F)cc1Br)CNC(C)(C)C. The molecule has 0 bridgehead atoms. The van der Waals surface area contributed by atoms with Crippen LogP contribution in [0.4, 0.5) is 4.39 Å². The Kier molecular flexibility index (Phi) is 5.75. The first kappa shape index (κ1) is 16.4. The van der Waals surface area contributed by atoms with Crippen LogP contribution in [0.25, 0.3) is 6.08 Å². The normalized spacial score (nSPS) is 13.2. The van der Waals surface area contributed by atoms with Gasteiger partial charge in [0, 0.05) is 16.6 Å².